The molecule has 4 N–H and O–H groups in total. The van der Waals surface area contributed by atoms with Crippen molar-refractivity contribution < 1.29 is 28.5 Å². The summed E-state index contributed by atoms with van der Waals surface area (Å²) in [5.41, 5.74) is 9.85. The number of benzene rings is 2. The maximum absolute atomic E-state index is 13.9. The van der Waals surface area contributed by atoms with Crippen LogP contribution in [-0.2, 0) is 25.0 Å². The number of rotatable bonds is 21. The zero-order valence-electron chi connectivity index (χ0n) is 38.0. The first-order valence-corrected chi connectivity index (χ1v) is 22.3. The summed E-state index contributed by atoms with van der Waals surface area (Å²) >= 11 is 0. The highest BCUT2D eigenvalue weighted by Gasteiger charge is 2.35. The van der Waals surface area contributed by atoms with Gasteiger partial charge in [0, 0.05) is 81.7 Å². The Bertz CT molecular complexity index is 1520. The number of carbonyl (C=O) groups is 1. The Balaban J connectivity index is 1.45. The second kappa shape index (κ2) is 22.4. The van der Waals surface area contributed by atoms with Gasteiger partial charge in [0.2, 0.25) is 0 Å². The summed E-state index contributed by atoms with van der Waals surface area (Å²) in [5, 5.41) is 7.58. The Hall–Kier alpha value is -3.21. The Morgan fingerprint density at radius 3 is 1.62 bits per heavy atom. The molecular weight excluding hydrogens is 729 g/mol. The van der Waals surface area contributed by atoms with E-state index in [1.165, 1.54) is 5.56 Å². The quantitative estimate of drug-likeness (QED) is 0.106. The Morgan fingerprint density at radius 2 is 1.14 bits per heavy atom. The molecule has 0 heterocycles. The summed E-state index contributed by atoms with van der Waals surface area (Å²) in [5.74, 6) is 1.85. The largest absolute Gasteiger partial charge is 0.493 e. The second-order valence-corrected chi connectivity index (χ2v) is 19.5. The monoisotopic (exact) mass is 809 g/mol. The van der Waals surface area contributed by atoms with E-state index in [1.807, 2.05) is 25.7 Å². The van der Waals surface area contributed by atoms with Crippen molar-refractivity contribution in [2.45, 2.75) is 179 Å². The molecule has 10 nitrogen and oxygen atoms in total. The normalized spacial score (nSPS) is 20.3. The smallest absolute Gasteiger partial charge is 0.410 e. The lowest BCUT2D eigenvalue weighted by molar-refractivity contribution is 0.0103. The molecular formula is C48H80N4O6. The highest BCUT2D eigenvalue weighted by molar-refractivity contribution is 5.68. The van der Waals surface area contributed by atoms with Crippen molar-refractivity contribution in [1.29, 1.82) is 0 Å². The van der Waals surface area contributed by atoms with Crippen LogP contribution in [0.4, 0.5) is 16.2 Å². The van der Waals surface area contributed by atoms with Crippen LogP contribution in [0, 0.1) is 0 Å². The van der Waals surface area contributed by atoms with Crippen LogP contribution in [-0.4, -0.2) is 88.0 Å². The minimum atomic E-state index is -0.581. The number of hydrogen-bond acceptors (Lipinski definition) is 9. The minimum Gasteiger partial charge on any atom is -0.493 e. The van der Waals surface area contributed by atoms with Crippen LogP contribution in [0.3, 0.4) is 0 Å². The van der Waals surface area contributed by atoms with Gasteiger partial charge in [-0.3, -0.25) is 0 Å². The molecule has 2 aliphatic rings. The fourth-order valence-corrected chi connectivity index (χ4v) is 8.25. The van der Waals surface area contributed by atoms with Gasteiger partial charge < -0.3 is 45.0 Å². The predicted octanol–water partition coefficient (Wildman–Crippen LogP) is 10.6. The molecule has 0 spiro atoms. The van der Waals surface area contributed by atoms with Crippen molar-refractivity contribution in [1.82, 2.24) is 4.90 Å². The van der Waals surface area contributed by atoms with Crippen LogP contribution >= 0.6 is 0 Å². The van der Waals surface area contributed by atoms with Crippen molar-refractivity contribution in [3.05, 3.63) is 47.5 Å². The summed E-state index contributed by atoms with van der Waals surface area (Å²) in [4.78, 5) is 16.0. The molecule has 2 aromatic carbocycles. The first-order valence-electron chi connectivity index (χ1n) is 22.3. The lowest BCUT2D eigenvalue weighted by atomic mass is 9.80. The number of nitrogens with two attached hydrogens (primary N) is 1. The molecule has 1 amide bonds. The van der Waals surface area contributed by atoms with Crippen molar-refractivity contribution in [2.24, 2.45) is 5.73 Å². The molecule has 10 heteroatoms. The van der Waals surface area contributed by atoms with Crippen molar-refractivity contribution in [3.63, 3.8) is 0 Å². The topological polar surface area (TPSA) is 117 Å². The van der Waals surface area contributed by atoms with Gasteiger partial charge in [-0.25, -0.2) is 4.79 Å². The number of nitrogens with zero attached hydrogens (tertiary/aromatic N) is 1. The Kier molecular flexibility index (Phi) is 18.3. The molecule has 2 aromatic rings. The van der Waals surface area contributed by atoms with Gasteiger partial charge in [0.1, 0.15) is 17.1 Å². The van der Waals surface area contributed by atoms with E-state index in [0.29, 0.717) is 37.9 Å². The van der Waals surface area contributed by atoms with Gasteiger partial charge in [0.15, 0.2) is 0 Å². The van der Waals surface area contributed by atoms with Crippen molar-refractivity contribution in [3.8, 4) is 11.5 Å². The van der Waals surface area contributed by atoms with E-state index in [9.17, 15) is 4.79 Å². The first-order chi connectivity index (χ1) is 27.5. The summed E-state index contributed by atoms with van der Waals surface area (Å²) in [6.07, 6.45) is 12.3. The third kappa shape index (κ3) is 15.4. The summed E-state index contributed by atoms with van der Waals surface area (Å²) in [6.45, 7) is 20.4. The number of nitrogens with one attached hydrogen (secondary N) is 2. The average Bonchev–Trinajstić information content (AvgIpc) is 3.15. The molecule has 0 unspecified atom stereocenters. The highest BCUT2D eigenvalue weighted by atomic mass is 16.6. The number of anilines is 2. The van der Waals surface area contributed by atoms with E-state index in [1.54, 1.807) is 14.2 Å². The summed E-state index contributed by atoms with van der Waals surface area (Å²) in [7, 11) is 3.48. The van der Waals surface area contributed by atoms with Gasteiger partial charge in [-0.15, -0.1) is 0 Å². The predicted molar refractivity (Wildman–Crippen MR) is 239 cm³/mol. The van der Waals surface area contributed by atoms with Gasteiger partial charge in [-0.05, 0) is 138 Å². The molecule has 0 aromatic heterocycles. The van der Waals surface area contributed by atoms with Crippen molar-refractivity contribution in [2.75, 3.05) is 57.8 Å². The first kappa shape index (κ1) is 47.5. The van der Waals surface area contributed by atoms with Gasteiger partial charge in [-0.2, -0.15) is 0 Å². The van der Waals surface area contributed by atoms with E-state index in [2.05, 4.69) is 81.7 Å². The molecule has 328 valence electrons. The number of amides is 1. The molecule has 58 heavy (non-hydrogen) atoms. The van der Waals surface area contributed by atoms with Gasteiger partial charge in [0.25, 0.3) is 0 Å². The summed E-state index contributed by atoms with van der Waals surface area (Å²) in [6, 6.07) is 14.3. The molecule has 0 saturated heterocycles. The van der Waals surface area contributed by atoms with Crippen LogP contribution in [0.2, 0.25) is 0 Å². The third-order valence-corrected chi connectivity index (χ3v) is 11.8. The van der Waals surface area contributed by atoms with Crippen LogP contribution in [0.25, 0.3) is 0 Å². The number of hydrogen-bond donors (Lipinski definition) is 3. The van der Waals surface area contributed by atoms with Crippen LogP contribution in [0.5, 0.6) is 11.5 Å². The molecule has 0 aliphatic heterocycles. The fraction of sp³-hybridized carbons (Fsp3) is 0.729. The van der Waals surface area contributed by atoms with Gasteiger partial charge >= 0.3 is 6.09 Å². The number of ether oxygens (including phenoxy) is 5. The summed E-state index contributed by atoms with van der Waals surface area (Å²) < 4.78 is 29.4. The zero-order valence-corrected chi connectivity index (χ0v) is 38.0. The lowest BCUT2D eigenvalue weighted by Gasteiger charge is -2.39. The Labute approximate surface area is 352 Å². The number of methoxy groups -OCH3 is 2. The molecule has 2 saturated carbocycles. The van der Waals surface area contributed by atoms with Gasteiger partial charge in [0.05, 0.1) is 13.2 Å². The van der Waals surface area contributed by atoms with E-state index in [-0.39, 0.29) is 23.0 Å². The third-order valence-electron chi connectivity index (χ3n) is 11.8. The van der Waals surface area contributed by atoms with E-state index in [4.69, 9.17) is 29.4 Å². The molecule has 0 radical (unpaired) electrons. The molecule has 0 bridgehead atoms. The van der Waals surface area contributed by atoms with E-state index in [0.717, 1.165) is 125 Å². The van der Waals surface area contributed by atoms with E-state index < -0.39 is 5.60 Å². The standard InChI is InChI=1S/C48H80N4O6/c1-46(2,3)41-25-21-38(33-43(41)56-31-13-11-29-54-9)51-37-19-23-40(24-20-37)52(45(53)58-47(4,5)6)28-27-48(7,8)42-26-22-39(50-36-17-15-35(49)16-18-36)34-44(42)57-32-14-12-30-55-10/h21-22,25-26,33-37,40,50-51H,11-20,23-24,27-32,49H2,1-10H3. The molecule has 2 fully saturated rings. The average molecular weight is 809 g/mol. The minimum absolute atomic E-state index is 0.0263. The maximum atomic E-state index is 13.9. The van der Waals surface area contributed by atoms with Gasteiger partial charge in [-0.1, -0.05) is 46.8 Å². The van der Waals surface area contributed by atoms with Crippen LogP contribution < -0.4 is 25.8 Å². The highest BCUT2D eigenvalue weighted by Crippen LogP contribution is 2.39. The SMILES string of the molecule is COCCCCOc1cc(NC2CCC(N(CCC(C)(C)c3ccc(NC4CCC(N)CC4)cc3OCCCCOC)C(=O)OC(C)(C)C)CC2)ccc1C(C)(C)C. The second-order valence-electron chi connectivity index (χ2n) is 19.5. The molecule has 2 aliphatic carbocycles. The zero-order chi connectivity index (χ0) is 42.3. The molecule has 4 rings (SSSR count). The maximum Gasteiger partial charge on any atom is 0.410 e. The van der Waals surface area contributed by atoms with Crippen LogP contribution in [0.15, 0.2) is 36.4 Å². The van der Waals surface area contributed by atoms with Crippen LogP contribution in [0.1, 0.15) is 150 Å². The molecule has 0 atom stereocenters. The van der Waals surface area contributed by atoms with Crippen molar-refractivity contribution >= 4 is 17.5 Å². The van der Waals surface area contributed by atoms with E-state index >= 15 is 0 Å². The lowest BCUT2D eigenvalue weighted by Crippen LogP contribution is -2.47. The fourth-order valence-electron chi connectivity index (χ4n) is 8.25. The number of unbranched alkanes of at least 4 members (excludes halogenated alkanes) is 2. The number of carbonyl (C=O) groups excluding carboxylic acids is 1. The Morgan fingerprint density at radius 1 is 0.672 bits per heavy atom.